The van der Waals surface area contributed by atoms with Crippen molar-refractivity contribution < 1.29 is 5.11 Å². The van der Waals surface area contributed by atoms with Gasteiger partial charge in [-0.25, -0.2) is 0 Å². The smallest absolute Gasteiger partial charge is 0.118 e. The first-order chi connectivity index (χ1) is 9.31. The minimum Gasteiger partial charge on any atom is -0.508 e. The lowest BCUT2D eigenvalue weighted by atomic mass is 10.1. The van der Waals surface area contributed by atoms with Gasteiger partial charge in [-0.05, 0) is 6.07 Å². The largest absolute Gasteiger partial charge is 0.508 e. The quantitative estimate of drug-likeness (QED) is 0.633. The second-order valence-electron chi connectivity index (χ2n) is 3.46. The highest BCUT2D eigenvalue weighted by Gasteiger charge is 2.10. The van der Waals surface area contributed by atoms with E-state index in [4.69, 9.17) is 5.73 Å². The average Bonchev–Trinajstić information content (AvgIpc) is 2.48. The Morgan fingerprint density at radius 1 is 1.26 bits per heavy atom. The zero-order valence-electron chi connectivity index (χ0n) is 12.5. The molecule has 0 saturated carbocycles. The fraction of sp³-hybridized carbons (Fsp3) is 0.467. The first kappa shape index (κ1) is 17.3. The fourth-order valence-electron chi connectivity index (χ4n) is 1.67. The number of rotatable bonds is 3. The van der Waals surface area contributed by atoms with E-state index in [1.165, 1.54) is 0 Å². The van der Waals surface area contributed by atoms with E-state index in [0.717, 1.165) is 23.5 Å². The number of fused-ring (bicyclic) bond motifs is 1. The molecule has 19 heavy (non-hydrogen) atoms. The number of aromatic hydroxyl groups is 1. The fourth-order valence-corrected chi connectivity index (χ4v) is 1.67. The van der Waals surface area contributed by atoms with Crippen LogP contribution in [0.5, 0.6) is 5.75 Å². The lowest BCUT2D eigenvalue weighted by Crippen LogP contribution is -2.15. The number of nitrogens with two attached hydrogens (primary N) is 1. The number of hydrogen-bond donors (Lipinski definition) is 4. The van der Waals surface area contributed by atoms with Gasteiger partial charge in [0.1, 0.15) is 5.75 Å². The van der Waals surface area contributed by atoms with Gasteiger partial charge in [0.15, 0.2) is 0 Å². The molecule has 4 heteroatoms. The summed E-state index contributed by atoms with van der Waals surface area (Å²) < 4.78 is 0. The highest BCUT2D eigenvalue weighted by atomic mass is 16.3. The summed E-state index contributed by atoms with van der Waals surface area (Å²) in [7, 11) is 0. The maximum absolute atomic E-state index is 9.54. The maximum Gasteiger partial charge on any atom is 0.118 e. The molecule has 5 N–H and O–H groups in total. The van der Waals surface area contributed by atoms with Crippen molar-refractivity contribution in [1.29, 1.82) is 0 Å². The van der Waals surface area contributed by atoms with Crippen LogP contribution in [0.15, 0.2) is 18.2 Å². The Morgan fingerprint density at radius 2 is 1.95 bits per heavy atom. The average molecular weight is 265 g/mol. The predicted octanol–water partition coefficient (Wildman–Crippen LogP) is 3.25. The Hall–Kier alpha value is -1.68. The molecule has 0 radical (unpaired) electrons. The first-order valence-corrected chi connectivity index (χ1v) is 7.02. The molecule has 1 heterocycles. The van der Waals surface area contributed by atoms with Crippen LogP contribution in [0.1, 0.15) is 33.3 Å². The van der Waals surface area contributed by atoms with Gasteiger partial charge in [0.05, 0.1) is 11.4 Å². The van der Waals surface area contributed by atoms with Gasteiger partial charge in [-0.15, -0.1) is 0 Å². The third kappa shape index (κ3) is 5.22. The molecule has 1 aliphatic rings. The van der Waals surface area contributed by atoms with Crippen molar-refractivity contribution >= 4 is 17.5 Å². The standard InChI is InChI=1S/C11H15N3O.2C2H6/c12-3-5-13-10-7-9(15)6-8-2-1-4-14-11(8)10;2*1-2/h1-2,6-7,13-15H,3-5,12H2;2*1-2H3. The molecule has 1 aromatic carbocycles. The van der Waals surface area contributed by atoms with Crippen molar-refractivity contribution in [3.05, 3.63) is 23.8 Å². The van der Waals surface area contributed by atoms with Gasteiger partial charge >= 0.3 is 0 Å². The van der Waals surface area contributed by atoms with E-state index in [2.05, 4.69) is 10.6 Å². The molecule has 0 aromatic heterocycles. The minimum atomic E-state index is 0.265. The third-order valence-electron chi connectivity index (χ3n) is 2.31. The molecule has 0 aliphatic carbocycles. The van der Waals surface area contributed by atoms with E-state index in [1.807, 2.05) is 39.8 Å². The van der Waals surface area contributed by atoms with Gasteiger partial charge < -0.3 is 21.5 Å². The lowest BCUT2D eigenvalue weighted by molar-refractivity contribution is 0.475. The Kier molecular flexibility index (Phi) is 9.35. The summed E-state index contributed by atoms with van der Waals surface area (Å²) in [5.74, 6) is 0.265. The molecule has 0 fully saturated rings. The Labute approximate surface area is 116 Å². The molecular weight excluding hydrogens is 238 g/mol. The Bertz CT molecular complexity index is 389. The van der Waals surface area contributed by atoms with Crippen LogP contribution >= 0.6 is 0 Å². The van der Waals surface area contributed by atoms with Crippen LogP contribution in [0.4, 0.5) is 11.4 Å². The predicted molar refractivity (Wildman–Crippen MR) is 85.9 cm³/mol. The number of nitrogens with one attached hydrogen (secondary N) is 2. The monoisotopic (exact) mass is 265 g/mol. The number of phenolic OH excluding ortho intramolecular Hbond substituents is 1. The number of anilines is 2. The van der Waals surface area contributed by atoms with E-state index >= 15 is 0 Å². The molecule has 0 spiro atoms. The summed E-state index contributed by atoms with van der Waals surface area (Å²) in [5, 5.41) is 16.0. The zero-order valence-corrected chi connectivity index (χ0v) is 12.5. The molecule has 0 amide bonds. The van der Waals surface area contributed by atoms with Crippen LogP contribution in [0.2, 0.25) is 0 Å². The van der Waals surface area contributed by atoms with Gasteiger partial charge in [-0.2, -0.15) is 0 Å². The van der Waals surface area contributed by atoms with E-state index < -0.39 is 0 Å². The van der Waals surface area contributed by atoms with Crippen LogP contribution in [-0.2, 0) is 0 Å². The van der Waals surface area contributed by atoms with Gasteiger partial charge in [0.25, 0.3) is 0 Å². The van der Waals surface area contributed by atoms with E-state index in [0.29, 0.717) is 13.1 Å². The summed E-state index contributed by atoms with van der Waals surface area (Å²) in [6, 6.07) is 3.45. The molecule has 0 unspecified atom stereocenters. The molecule has 0 atom stereocenters. The second-order valence-corrected chi connectivity index (χ2v) is 3.46. The lowest BCUT2D eigenvalue weighted by Gasteiger charge is -2.18. The minimum absolute atomic E-state index is 0.265. The first-order valence-electron chi connectivity index (χ1n) is 7.02. The molecule has 108 valence electrons. The van der Waals surface area contributed by atoms with Gasteiger partial charge in [0.2, 0.25) is 0 Å². The Balaban J connectivity index is 0.000000741. The van der Waals surface area contributed by atoms with Crippen LogP contribution in [0.25, 0.3) is 6.08 Å². The normalized spacial score (nSPS) is 11.0. The van der Waals surface area contributed by atoms with Gasteiger partial charge in [-0.1, -0.05) is 39.8 Å². The molecule has 4 nitrogen and oxygen atoms in total. The van der Waals surface area contributed by atoms with Crippen molar-refractivity contribution in [2.45, 2.75) is 27.7 Å². The zero-order chi connectivity index (χ0) is 14.7. The third-order valence-corrected chi connectivity index (χ3v) is 2.31. The van der Waals surface area contributed by atoms with Crippen molar-refractivity contribution in [3.8, 4) is 5.75 Å². The van der Waals surface area contributed by atoms with E-state index in [1.54, 1.807) is 12.1 Å². The molecule has 0 saturated heterocycles. The topological polar surface area (TPSA) is 70.3 Å². The van der Waals surface area contributed by atoms with Crippen molar-refractivity contribution in [2.75, 3.05) is 30.3 Å². The van der Waals surface area contributed by atoms with Crippen LogP contribution in [0, 0.1) is 0 Å². The van der Waals surface area contributed by atoms with Crippen LogP contribution < -0.4 is 16.4 Å². The number of phenols is 1. The highest BCUT2D eigenvalue weighted by Crippen LogP contribution is 2.33. The molecule has 1 aliphatic heterocycles. The van der Waals surface area contributed by atoms with E-state index in [-0.39, 0.29) is 5.75 Å². The second kappa shape index (κ2) is 10.3. The highest BCUT2D eigenvalue weighted by molar-refractivity contribution is 5.83. The van der Waals surface area contributed by atoms with Crippen molar-refractivity contribution in [1.82, 2.24) is 0 Å². The van der Waals surface area contributed by atoms with Crippen molar-refractivity contribution in [3.63, 3.8) is 0 Å². The molecule has 2 rings (SSSR count). The van der Waals surface area contributed by atoms with Crippen LogP contribution in [-0.4, -0.2) is 24.7 Å². The molecule has 0 bridgehead atoms. The summed E-state index contributed by atoms with van der Waals surface area (Å²) in [6.07, 6.45) is 4.02. The summed E-state index contributed by atoms with van der Waals surface area (Å²) >= 11 is 0. The van der Waals surface area contributed by atoms with Crippen molar-refractivity contribution in [2.24, 2.45) is 5.73 Å². The maximum atomic E-state index is 9.54. The Morgan fingerprint density at radius 3 is 2.58 bits per heavy atom. The summed E-state index contributed by atoms with van der Waals surface area (Å²) in [6.45, 7) is 10.1. The number of benzene rings is 1. The summed E-state index contributed by atoms with van der Waals surface area (Å²) in [5.41, 5.74) is 8.37. The molecule has 1 aromatic rings. The summed E-state index contributed by atoms with van der Waals surface area (Å²) in [4.78, 5) is 0. The van der Waals surface area contributed by atoms with Gasteiger partial charge in [0, 0.05) is 31.3 Å². The SMILES string of the molecule is CC.CC.NCCNc1cc(O)cc2c1NCC=C2. The van der Waals surface area contributed by atoms with E-state index in [9.17, 15) is 5.11 Å². The van der Waals surface area contributed by atoms with Gasteiger partial charge in [-0.3, -0.25) is 0 Å². The molecular formula is C15H27N3O. The van der Waals surface area contributed by atoms with Crippen LogP contribution in [0.3, 0.4) is 0 Å². The number of hydrogen-bond acceptors (Lipinski definition) is 4.